The Morgan fingerprint density at radius 1 is 0.944 bits per heavy atom. The van der Waals surface area contributed by atoms with Crippen molar-refractivity contribution in [2.45, 2.75) is 64.5 Å². The molecule has 0 saturated heterocycles. The third-order valence-electron chi connectivity index (χ3n) is 2.10. The molecule has 0 unspecified atom stereocenters. The molecule has 0 heterocycles. The Kier molecular flexibility index (Phi) is 7.91. The monoisotopic (exact) mass is 328 g/mol. The van der Waals surface area contributed by atoms with Gasteiger partial charge in [-0.1, -0.05) is 0 Å². The normalized spacial score (nSPS) is 14.2. The molecule has 18 heavy (non-hydrogen) atoms. The van der Waals surface area contributed by atoms with Crippen molar-refractivity contribution < 1.29 is 13.3 Å². The van der Waals surface area contributed by atoms with Gasteiger partial charge >= 0.3 is 0 Å². The van der Waals surface area contributed by atoms with Gasteiger partial charge in [-0.05, 0) is 52.1 Å². The van der Waals surface area contributed by atoms with Crippen LogP contribution < -0.4 is 0 Å². The number of unbranched alkanes of at least 4 members (excludes halogenated alkanes) is 1. The van der Waals surface area contributed by atoms with Crippen LogP contribution in [0.3, 0.4) is 0 Å². The summed E-state index contributed by atoms with van der Waals surface area (Å²) in [4.78, 5) is 0. The lowest BCUT2D eigenvalue weighted by molar-refractivity contribution is -0.267. The van der Waals surface area contributed by atoms with E-state index in [0.717, 1.165) is 19.3 Å². The van der Waals surface area contributed by atoms with Gasteiger partial charge in [0.2, 0.25) is 0 Å². The Morgan fingerprint density at radius 3 is 1.67 bits per heavy atom. The molecule has 0 aliphatic rings. The summed E-state index contributed by atoms with van der Waals surface area (Å²) in [5.74, 6) is -0.135. The van der Waals surface area contributed by atoms with Crippen LogP contribution in [0.2, 0.25) is 39.3 Å². The Bertz CT molecular complexity index is 223. The summed E-state index contributed by atoms with van der Waals surface area (Å²) in [7, 11) is -2.81. The molecule has 0 aromatic rings. The molecular weight excluding hydrogens is 300 g/mol. The molecule has 0 amide bonds. The number of rotatable bonds is 9. The lowest BCUT2D eigenvalue weighted by Crippen LogP contribution is -2.51. The molecule has 0 aromatic carbocycles. The minimum absolute atomic E-state index is 0.613. The third-order valence-corrected chi connectivity index (χ3v) is 4.84. The predicted molar refractivity (Wildman–Crippen MR) is 87.2 cm³/mol. The Morgan fingerprint density at radius 2 is 1.39 bits per heavy atom. The van der Waals surface area contributed by atoms with Gasteiger partial charge in [0.05, 0.1) is 0 Å². The van der Waals surface area contributed by atoms with Crippen molar-refractivity contribution in [3.05, 3.63) is 0 Å². The lowest BCUT2D eigenvalue weighted by Gasteiger charge is -2.42. The molecule has 7 heteroatoms. The fraction of sp³-hybridized carbons (Fsp3) is 1.00. The molecule has 0 bridgehead atoms. The maximum Gasteiger partial charge on any atom is 0.253 e. The third kappa shape index (κ3) is 8.84. The average Bonchev–Trinajstić information content (AvgIpc) is 2.12. The van der Waals surface area contributed by atoms with Crippen molar-refractivity contribution >= 4 is 38.7 Å². The first-order valence-electron chi connectivity index (χ1n) is 6.55. The van der Waals surface area contributed by atoms with Crippen LogP contribution in [0, 0.1) is 0 Å². The van der Waals surface area contributed by atoms with Crippen LogP contribution in [0.15, 0.2) is 0 Å². The van der Waals surface area contributed by atoms with Gasteiger partial charge in [-0.3, -0.25) is 0 Å². The van der Waals surface area contributed by atoms with Gasteiger partial charge in [-0.2, -0.15) is 0 Å². The summed E-state index contributed by atoms with van der Waals surface area (Å²) >= 11 is 5.74. The number of alkyl halides is 1. The van der Waals surface area contributed by atoms with Gasteiger partial charge in [0.25, 0.3) is 5.97 Å². The summed E-state index contributed by atoms with van der Waals surface area (Å²) in [5, 5.41) is 0. The molecule has 0 N–H and O–H groups in total. The van der Waals surface area contributed by atoms with E-state index >= 15 is 0 Å². The largest absolute Gasteiger partial charge is 0.382 e. The highest BCUT2D eigenvalue weighted by molar-refractivity contribution is 6.71. The van der Waals surface area contributed by atoms with Crippen molar-refractivity contribution in [2.75, 3.05) is 5.88 Å². The first kappa shape index (κ1) is 18.8. The average molecular weight is 329 g/mol. The summed E-state index contributed by atoms with van der Waals surface area (Å²) in [5.41, 5.74) is 0. The molecule has 0 saturated carbocycles. The van der Waals surface area contributed by atoms with E-state index in [1.165, 1.54) is 0 Å². The highest BCUT2D eigenvalue weighted by Crippen LogP contribution is 2.29. The quantitative estimate of drug-likeness (QED) is 0.282. The van der Waals surface area contributed by atoms with E-state index in [4.69, 9.17) is 24.9 Å². The van der Waals surface area contributed by atoms with Crippen LogP contribution in [0.4, 0.5) is 0 Å². The second-order valence-electron chi connectivity index (χ2n) is 6.46. The van der Waals surface area contributed by atoms with Gasteiger partial charge < -0.3 is 13.3 Å². The standard InChI is InChI=1S/C11H29ClO3Si3/c1-17(2,3)14-11(13-16,9-7-8-10-12)15-18(4,5)6/h7-10H2,1-6,16H3. The Hall–Kier alpha value is 0.821. The molecule has 0 radical (unpaired) electrons. The van der Waals surface area contributed by atoms with Crippen LogP contribution in [-0.2, 0) is 13.3 Å². The molecule has 0 fully saturated rings. The van der Waals surface area contributed by atoms with Gasteiger partial charge in [0.1, 0.15) is 0 Å². The topological polar surface area (TPSA) is 27.7 Å². The zero-order valence-electron chi connectivity index (χ0n) is 12.9. The van der Waals surface area contributed by atoms with Gasteiger partial charge in [0.15, 0.2) is 27.1 Å². The van der Waals surface area contributed by atoms with E-state index in [9.17, 15) is 0 Å². The molecule has 0 spiro atoms. The highest BCUT2D eigenvalue weighted by Gasteiger charge is 2.40. The molecule has 0 aromatic heterocycles. The first-order chi connectivity index (χ1) is 8.04. The van der Waals surface area contributed by atoms with Gasteiger partial charge in [-0.25, -0.2) is 0 Å². The van der Waals surface area contributed by atoms with E-state index in [1.54, 1.807) is 0 Å². The summed E-state index contributed by atoms with van der Waals surface area (Å²) in [6.07, 6.45) is 2.72. The minimum Gasteiger partial charge on any atom is -0.382 e. The lowest BCUT2D eigenvalue weighted by atomic mass is 10.2. The molecule has 0 atom stereocenters. The van der Waals surface area contributed by atoms with Gasteiger partial charge in [-0.15, -0.1) is 11.6 Å². The second kappa shape index (κ2) is 7.56. The molecule has 0 aliphatic carbocycles. The van der Waals surface area contributed by atoms with E-state index in [0.29, 0.717) is 16.4 Å². The summed E-state index contributed by atoms with van der Waals surface area (Å²) < 4.78 is 18.2. The van der Waals surface area contributed by atoms with Crippen molar-refractivity contribution in [3.8, 4) is 0 Å². The van der Waals surface area contributed by atoms with E-state index in [-0.39, 0.29) is 0 Å². The van der Waals surface area contributed by atoms with Crippen LogP contribution in [-0.4, -0.2) is 39.0 Å². The van der Waals surface area contributed by atoms with Crippen molar-refractivity contribution in [3.63, 3.8) is 0 Å². The SMILES string of the molecule is C[Si](C)(C)OC(CCCCCl)(O[SiH3])O[Si](C)(C)C. The van der Waals surface area contributed by atoms with Crippen LogP contribution >= 0.6 is 11.6 Å². The fourth-order valence-corrected chi connectivity index (χ4v) is 4.97. The number of hydrogen-bond acceptors (Lipinski definition) is 3. The van der Waals surface area contributed by atoms with Gasteiger partial charge in [0, 0.05) is 12.3 Å². The second-order valence-corrected chi connectivity index (χ2v) is 16.1. The Labute approximate surface area is 122 Å². The molecule has 0 rings (SSSR count). The van der Waals surface area contributed by atoms with Crippen LogP contribution in [0.5, 0.6) is 0 Å². The maximum absolute atomic E-state index is 6.22. The van der Waals surface area contributed by atoms with Crippen LogP contribution in [0.1, 0.15) is 19.3 Å². The molecular formula is C11H29ClO3Si3. The van der Waals surface area contributed by atoms with Crippen molar-refractivity contribution in [1.29, 1.82) is 0 Å². The maximum atomic E-state index is 6.22. The number of hydrogen-bond donors (Lipinski definition) is 0. The van der Waals surface area contributed by atoms with E-state index in [2.05, 4.69) is 39.3 Å². The smallest absolute Gasteiger partial charge is 0.253 e. The molecule has 0 aliphatic heterocycles. The van der Waals surface area contributed by atoms with Crippen molar-refractivity contribution in [2.24, 2.45) is 0 Å². The predicted octanol–water partition coefficient (Wildman–Crippen LogP) is 3.05. The van der Waals surface area contributed by atoms with E-state index in [1.807, 2.05) is 0 Å². The summed E-state index contributed by atoms with van der Waals surface area (Å²) in [6.45, 7) is 13.0. The molecule has 3 nitrogen and oxygen atoms in total. The van der Waals surface area contributed by atoms with Crippen LogP contribution in [0.25, 0.3) is 0 Å². The zero-order valence-corrected chi connectivity index (χ0v) is 17.7. The molecule has 110 valence electrons. The minimum atomic E-state index is -1.71. The number of halogens is 1. The fourth-order valence-electron chi connectivity index (χ4n) is 1.68. The highest BCUT2D eigenvalue weighted by atomic mass is 35.5. The zero-order chi connectivity index (χ0) is 14.4. The summed E-state index contributed by atoms with van der Waals surface area (Å²) in [6, 6.07) is 0. The van der Waals surface area contributed by atoms with Crippen molar-refractivity contribution in [1.82, 2.24) is 0 Å². The van der Waals surface area contributed by atoms with E-state index < -0.39 is 22.6 Å². The first-order valence-corrected chi connectivity index (χ1v) is 14.7. The Balaban J connectivity index is 4.83.